The van der Waals surface area contributed by atoms with Gasteiger partial charge in [-0.05, 0) is 36.3 Å². The molecule has 0 atom stereocenters. The van der Waals surface area contributed by atoms with E-state index in [1.165, 1.54) is 12.1 Å². The largest absolute Gasteiger partial charge is 0.382 e. The van der Waals surface area contributed by atoms with Crippen molar-refractivity contribution in [2.75, 3.05) is 30.4 Å². The predicted octanol–water partition coefficient (Wildman–Crippen LogP) is 2.51. The molecule has 1 aromatic rings. The van der Waals surface area contributed by atoms with E-state index in [-0.39, 0.29) is 17.3 Å². The first kappa shape index (κ1) is 15.6. The number of benzene rings is 1. The smallest absolute Gasteiger partial charge is 0.293 e. The van der Waals surface area contributed by atoms with Crippen molar-refractivity contribution < 1.29 is 9.72 Å². The van der Waals surface area contributed by atoms with Gasteiger partial charge < -0.3 is 10.6 Å². The fourth-order valence-corrected chi connectivity index (χ4v) is 3.63. The maximum Gasteiger partial charge on any atom is 0.293 e. The molecule has 0 aliphatic carbocycles. The number of nitro benzene ring substituents is 1. The molecule has 2 N–H and O–H groups in total. The first-order valence-electron chi connectivity index (χ1n) is 6.94. The number of carbonyl (C=O) groups excluding carboxylic acids is 1. The third-order valence-corrected chi connectivity index (χ3v) is 4.67. The number of nitrogens with zero attached hydrogens (tertiary/aromatic N) is 1. The first-order chi connectivity index (χ1) is 10.1. The molecule has 1 heterocycles. The van der Waals surface area contributed by atoms with Gasteiger partial charge in [0.25, 0.3) is 11.6 Å². The number of rotatable bonds is 5. The van der Waals surface area contributed by atoms with Crippen molar-refractivity contribution in [3.8, 4) is 0 Å². The van der Waals surface area contributed by atoms with Crippen molar-refractivity contribution in [2.45, 2.75) is 12.8 Å². The highest BCUT2D eigenvalue weighted by molar-refractivity contribution is 7.99. The summed E-state index contributed by atoms with van der Waals surface area (Å²) in [6.45, 7) is 0.630. The van der Waals surface area contributed by atoms with Gasteiger partial charge in [-0.2, -0.15) is 11.8 Å². The summed E-state index contributed by atoms with van der Waals surface area (Å²) in [6, 6.07) is 4.52. The predicted molar refractivity (Wildman–Crippen MR) is 85.0 cm³/mol. The van der Waals surface area contributed by atoms with E-state index in [0.29, 0.717) is 18.0 Å². The molecule has 1 amide bonds. The van der Waals surface area contributed by atoms with Gasteiger partial charge in [0, 0.05) is 19.7 Å². The summed E-state index contributed by atoms with van der Waals surface area (Å²) >= 11 is 1.94. The van der Waals surface area contributed by atoms with Crippen LogP contribution in [0.3, 0.4) is 0 Å². The van der Waals surface area contributed by atoms with Crippen molar-refractivity contribution in [3.05, 3.63) is 33.9 Å². The van der Waals surface area contributed by atoms with Crippen LogP contribution in [0.1, 0.15) is 23.2 Å². The maximum absolute atomic E-state index is 12.3. The molecule has 1 fully saturated rings. The zero-order valence-corrected chi connectivity index (χ0v) is 12.7. The highest BCUT2D eigenvalue weighted by Crippen LogP contribution is 2.28. The molecule has 0 saturated carbocycles. The zero-order valence-electron chi connectivity index (χ0n) is 11.9. The Morgan fingerprint density at radius 3 is 2.76 bits per heavy atom. The van der Waals surface area contributed by atoms with Crippen LogP contribution in [-0.4, -0.2) is 35.9 Å². The molecule has 0 unspecified atom stereocenters. The summed E-state index contributed by atoms with van der Waals surface area (Å²) in [4.78, 5) is 22.8. The average molecular weight is 309 g/mol. The molecule has 7 heteroatoms. The van der Waals surface area contributed by atoms with E-state index in [2.05, 4.69) is 10.6 Å². The Morgan fingerprint density at radius 1 is 1.43 bits per heavy atom. The molecular formula is C14H19N3O3S. The third kappa shape index (κ3) is 3.87. The van der Waals surface area contributed by atoms with Crippen molar-refractivity contribution in [2.24, 2.45) is 5.92 Å². The highest BCUT2D eigenvalue weighted by Gasteiger charge is 2.21. The van der Waals surface area contributed by atoms with Crippen LogP contribution in [0.25, 0.3) is 0 Å². The van der Waals surface area contributed by atoms with Crippen LogP contribution in [-0.2, 0) is 0 Å². The number of hydrogen-bond donors (Lipinski definition) is 2. The minimum Gasteiger partial charge on any atom is -0.382 e. The normalized spacial score (nSPS) is 15.5. The summed E-state index contributed by atoms with van der Waals surface area (Å²) in [6.07, 6.45) is 2.22. The number of thioether (sulfide) groups is 1. The molecule has 1 aromatic carbocycles. The molecule has 0 bridgehead atoms. The standard InChI is InChI=1S/C14H19N3O3S/c1-15-13-11(3-2-4-12(13)17(19)20)14(18)16-9-10-5-7-21-8-6-10/h2-4,10,15H,5-9H2,1H3,(H,16,18). The minimum absolute atomic E-state index is 0.0841. The van der Waals surface area contributed by atoms with Crippen LogP contribution in [0, 0.1) is 16.0 Å². The van der Waals surface area contributed by atoms with Gasteiger partial charge in [-0.3, -0.25) is 14.9 Å². The molecule has 1 saturated heterocycles. The van der Waals surface area contributed by atoms with E-state index in [9.17, 15) is 14.9 Å². The summed E-state index contributed by atoms with van der Waals surface area (Å²) < 4.78 is 0. The van der Waals surface area contributed by atoms with Crippen LogP contribution in [0.5, 0.6) is 0 Å². The zero-order chi connectivity index (χ0) is 15.2. The molecule has 1 aliphatic rings. The topological polar surface area (TPSA) is 84.3 Å². The van der Waals surface area contributed by atoms with Crippen LogP contribution < -0.4 is 10.6 Å². The second-order valence-corrected chi connectivity index (χ2v) is 6.20. The van der Waals surface area contributed by atoms with Crippen molar-refractivity contribution in [1.82, 2.24) is 5.32 Å². The van der Waals surface area contributed by atoms with Gasteiger partial charge in [-0.1, -0.05) is 6.07 Å². The van der Waals surface area contributed by atoms with E-state index in [1.54, 1.807) is 13.1 Å². The van der Waals surface area contributed by atoms with E-state index in [0.717, 1.165) is 24.3 Å². The van der Waals surface area contributed by atoms with Crippen molar-refractivity contribution in [3.63, 3.8) is 0 Å². The highest BCUT2D eigenvalue weighted by atomic mass is 32.2. The monoisotopic (exact) mass is 309 g/mol. The average Bonchev–Trinajstić information content (AvgIpc) is 2.52. The number of amides is 1. The Labute approximate surface area is 127 Å². The van der Waals surface area contributed by atoms with Crippen LogP contribution >= 0.6 is 11.8 Å². The van der Waals surface area contributed by atoms with Crippen LogP contribution in [0.2, 0.25) is 0 Å². The summed E-state index contributed by atoms with van der Waals surface area (Å²) in [5.41, 5.74) is 0.496. The Balaban J connectivity index is 2.07. The Hall–Kier alpha value is -1.76. The van der Waals surface area contributed by atoms with Gasteiger partial charge in [-0.25, -0.2) is 0 Å². The van der Waals surface area contributed by atoms with Crippen LogP contribution in [0.15, 0.2) is 18.2 Å². The second-order valence-electron chi connectivity index (χ2n) is 4.97. The molecule has 1 aliphatic heterocycles. The van der Waals surface area contributed by atoms with Gasteiger partial charge in [0.05, 0.1) is 10.5 Å². The lowest BCUT2D eigenvalue weighted by atomic mass is 10.0. The molecule has 0 spiro atoms. The molecule has 114 valence electrons. The number of carbonyl (C=O) groups is 1. The van der Waals surface area contributed by atoms with Gasteiger partial charge in [-0.15, -0.1) is 0 Å². The second kappa shape index (κ2) is 7.31. The fraction of sp³-hybridized carbons (Fsp3) is 0.500. The molecule has 2 rings (SSSR count). The summed E-state index contributed by atoms with van der Waals surface area (Å²) in [7, 11) is 1.58. The number of para-hydroxylation sites is 1. The van der Waals surface area contributed by atoms with E-state index >= 15 is 0 Å². The van der Waals surface area contributed by atoms with Gasteiger partial charge in [0.2, 0.25) is 0 Å². The Morgan fingerprint density at radius 2 is 2.14 bits per heavy atom. The fourth-order valence-electron chi connectivity index (χ4n) is 2.43. The van der Waals surface area contributed by atoms with E-state index in [1.807, 2.05) is 11.8 Å². The van der Waals surface area contributed by atoms with Gasteiger partial charge in [0.1, 0.15) is 5.69 Å². The number of hydrogen-bond acceptors (Lipinski definition) is 5. The Kier molecular flexibility index (Phi) is 5.44. The lowest BCUT2D eigenvalue weighted by molar-refractivity contribution is -0.384. The van der Waals surface area contributed by atoms with E-state index in [4.69, 9.17) is 0 Å². The van der Waals surface area contributed by atoms with E-state index < -0.39 is 4.92 Å². The quantitative estimate of drug-likeness (QED) is 0.645. The minimum atomic E-state index is -0.485. The van der Waals surface area contributed by atoms with Crippen LogP contribution in [0.4, 0.5) is 11.4 Å². The first-order valence-corrected chi connectivity index (χ1v) is 8.10. The molecule has 21 heavy (non-hydrogen) atoms. The summed E-state index contributed by atoms with van der Waals surface area (Å²) in [5.74, 6) is 2.52. The van der Waals surface area contributed by atoms with Gasteiger partial charge >= 0.3 is 0 Å². The van der Waals surface area contributed by atoms with Gasteiger partial charge in [0.15, 0.2) is 0 Å². The summed E-state index contributed by atoms with van der Waals surface area (Å²) in [5, 5.41) is 16.6. The lowest BCUT2D eigenvalue weighted by Crippen LogP contribution is -2.31. The number of nitro groups is 1. The molecule has 0 aromatic heterocycles. The molecular weight excluding hydrogens is 290 g/mol. The SMILES string of the molecule is CNc1c(C(=O)NCC2CCSCC2)cccc1[N+](=O)[O-]. The lowest BCUT2D eigenvalue weighted by Gasteiger charge is -2.21. The molecule has 6 nitrogen and oxygen atoms in total. The number of nitrogens with one attached hydrogen (secondary N) is 2. The Bertz CT molecular complexity index is 530. The maximum atomic E-state index is 12.3. The third-order valence-electron chi connectivity index (χ3n) is 3.63. The molecule has 0 radical (unpaired) electrons. The number of anilines is 1. The van der Waals surface area contributed by atoms with Crippen molar-refractivity contribution >= 4 is 29.0 Å². The van der Waals surface area contributed by atoms with Crippen molar-refractivity contribution in [1.29, 1.82) is 0 Å².